The van der Waals surface area contributed by atoms with Gasteiger partial charge in [0, 0.05) is 25.2 Å². The fraction of sp³-hybridized carbons (Fsp3) is 0.714. The van der Waals surface area contributed by atoms with Crippen molar-refractivity contribution < 1.29 is 12.8 Å². The van der Waals surface area contributed by atoms with Gasteiger partial charge in [0.25, 0.3) is 0 Å². The molecule has 1 aromatic rings. The molecule has 0 unspecified atom stereocenters. The van der Waals surface area contributed by atoms with Crippen LogP contribution in [0.1, 0.15) is 25.2 Å². The van der Waals surface area contributed by atoms with Crippen LogP contribution in [0.2, 0.25) is 0 Å². The van der Waals surface area contributed by atoms with Gasteiger partial charge in [0.05, 0.1) is 24.3 Å². The molecular formula is C14H24N2O3S. The first-order valence-electron chi connectivity index (χ1n) is 7.15. The lowest BCUT2D eigenvalue weighted by Gasteiger charge is -2.26. The van der Waals surface area contributed by atoms with Crippen molar-refractivity contribution in [3.63, 3.8) is 0 Å². The number of rotatable bonds is 6. The van der Waals surface area contributed by atoms with Crippen LogP contribution in [0, 0.1) is 5.92 Å². The summed E-state index contributed by atoms with van der Waals surface area (Å²) < 4.78 is 28.4. The zero-order chi connectivity index (χ0) is 14.6. The summed E-state index contributed by atoms with van der Waals surface area (Å²) in [6, 6.07) is 1.98. The van der Waals surface area contributed by atoms with E-state index in [1.165, 1.54) is 0 Å². The molecule has 1 aliphatic rings. The second-order valence-corrected chi connectivity index (χ2v) is 8.13. The van der Waals surface area contributed by atoms with Gasteiger partial charge in [-0.05, 0) is 18.5 Å². The van der Waals surface area contributed by atoms with Gasteiger partial charge in [-0.2, -0.15) is 0 Å². The van der Waals surface area contributed by atoms with Gasteiger partial charge in [-0.25, -0.2) is 8.42 Å². The highest BCUT2D eigenvalue weighted by Gasteiger charge is 2.22. The molecule has 2 heterocycles. The fourth-order valence-electron chi connectivity index (χ4n) is 2.29. The largest absolute Gasteiger partial charge is 0.468 e. The predicted molar refractivity (Wildman–Crippen MR) is 79.2 cm³/mol. The molecule has 0 amide bonds. The van der Waals surface area contributed by atoms with E-state index in [2.05, 4.69) is 24.1 Å². The molecule has 114 valence electrons. The van der Waals surface area contributed by atoms with Crippen molar-refractivity contribution in [3.8, 4) is 0 Å². The Balaban J connectivity index is 1.86. The highest BCUT2D eigenvalue weighted by Crippen LogP contribution is 2.15. The van der Waals surface area contributed by atoms with Crippen LogP contribution in [-0.2, 0) is 22.9 Å². The first-order chi connectivity index (χ1) is 9.46. The minimum absolute atomic E-state index is 0.270. The molecule has 5 nitrogen and oxygen atoms in total. The quantitative estimate of drug-likeness (QED) is 0.857. The van der Waals surface area contributed by atoms with E-state index >= 15 is 0 Å². The number of hydrogen-bond acceptors (Lipinski definition) is 5. The normalized spacial score (nSPS) is 19.6. The Labute approximate surface area is 121 Å². The minimum atomic E-state index is -2.81. The number of sulfone groups is 1. The predicted octanol–water partition coefficient (Wildman–Crippen LogP) is 1.26. The van der Waals surface area contributed by atoms with Crippen molar-refractivity contribution in [2.45, 2.75) is 26.9 Å². The van der Waals surface area contributed by atoms with Gasteiger partial charge in [-0.1, -0.05) is 13.8 Å². The molecule has 0 spiro atoms. The highest BCUT2D eigenvalue weighted by molar-refractivity contribution is 7.91. The molecule has 20 heavy (non-hydrogen) atoms. The second-order valence-electron chi connectivity index (χ2n) is 5.82. The maximum absolute atomic E-state index is 11.4. The molecule has 1 aromatic heterocycles. The maximum atomic E-state index is 11.4. The zero-order valence-electron chi connectivity index (χ0n) is 12.3. The summed E-state index contributed by atoms with van der Waals surface area (Å²) in [5.74, 6) is 2.11. The van der Waals surface area contributed by atoms with E-state index in [9.17, 15) is 8.42 Å². The zero-order valence-corrected chi connectivity index (χ0v) is 13.1. The highest BCUT2D eigenvalue weighted by atomic mass is 32.2. The summed E-state index contributed by atoms with van der Waals surface area (Å²) in [4.78, 5) is 2.18. The van der Waals surface area contributed by atoms with Crippen LogP contribution >= 0.6 is 0 Å². The maximum Gasteiger partial charge on any atom is 0.152 e. The van der Waals surface area contributed by atoms with Gasteiger partial charge >= 0.3 is 0 Å². The van der Waals surface area contributed by atoms with Crippen molar-refractivity contribution in [1.82, 2.24) is 10.2 Å². The molecule has 0 bridgehead atoms. The third-order valence-electron chi connectivity index (χ3n) is 3.51. The first-order valence-corrected chi connectivity index (χ1v) is 8.97. The van der Waals surface area contributed by atoms with Gasteiger partial charge in [0.2, 0.25) is 0 Å². The van der Waals surface area contributed by atoms with E-state index in [0.29, 0.717) is 19.0 Å². The average molecular weight is 300 g/mol. The Bertz CT molecular complexity index is 508. The lowest BCUT2D eigenvalue weighted by atomic mass is 10.2. The third-order valence-corrected chi connectivity index (χ3v) is 5.12. The number of nitrogens with one attached hydrogen (secondary N) is 1. The number of furan rings is 1. The van der Waals surface area contributed by atoms with Crippen molar-refractivity contribution in [1.29, 1.82) is 0 Å². The van der Waals surface area contributed by atoms with Gasteiger partial charge in [0.15, 0.2) is 9.84 Å². The summed E-state index contributed by atoms with van der Waals surface area (Å²) in [6.07, 6.45) is 1.71. The SMILES string of the molecule is CC(C)CNCc1occc1CN1CCS(=O)(=O)CC1. The number of nitrogens with zero attached hydrogens (tertiary/aromatic N) is 1. The molecule has 6 heteroatoms. The van der Waals surface area contributed by atoms with Crippen molar-refractivity contribution >= 4 is 9.84 Å². The van der Waals surface area contributed by atoms with Crippen LogP contribution in [0.3, 0.4) is 0 Å². The Morgan fingerprint density at radius 3 is 2.70 bits per heavy atom. The second kappa shape index (κ2) is 6.74. The van der Waals surface area contributed by atoms with E-state index in [1.54, 1.807) is 6.26 Å². The van der Waals surface area contributed by atoms with E-state index in [4.69, 9.17) is 4.42 Å². The van der Waals surface area contributed by atoms with E-state index in [1.807, 2.05) is 6.07 Å². The van der Waals surface area contributed by atoms with Crippen LogP contribution in [0.4, 0.5) is 0 Å². The van der Waals surface area contributed by atoms with Crippen molar-refractivity contribution in [3.05, 3.63) is 23.7 Å². The lowest BCUT2D eigenvalue weighted by molar-refractivity contribution is 0.284. The molecule has 1 saturated heterocycles. The molecule has 1 N–H and O–H groups in total. The summed E-state index contributed by atoms with van der Waals surface area (Å²) in [7, 11) is -2.81. The van der Waals surface area contributed by atoms with Gasteiger partial charge < -0.3 is 9.73 Å². The van der Waals surface area contributed by atoms with E-state index in [-0.39, 0.29) is 11.5 Å². The summed E-state index contributed by atoms with van der Waals surface area (Å²) in [5, 5.41) is 3.37. The topological polar surface area (TPSA) is 62.6 Å². The lowest BCUT2D eigenvalue weighted by Crippen LogP contribution is -2.39. The Morgan fingerprint density at radius 1 is 1.35 bits per heavy atom. The molecule has 2 rings (SSSR count). The molecular weight excluding hydrogens is 276 g/mol. The van der Waals surface area contributed by atoms with Crippen LogP contribution in [0.15, 0.2) is 16.7 Å². The molecule has 0 aliphatic carbocycles. The number of hydrogen-bond donors (Lipinski definition) is 1. The van der Waals surface area contributed by atoms with Crippen LogP contribution in [0.5, 0.6) is 0 Å². The molecule has 0 saturated carbocycles. The Kier molecular flexibility index (Phi) is 5.23. The standard InChI is InChI=1S/C14H24N2O3S/c1-12(2)9-15-10-14-13(3-6-19-14)11-16-4-7-20(17,18)8-5-16/h3,6,12,15H,4-5,7-11H2,1-2H3. The Hall–Kier alpha value is -0.850. The summed E-state index contributed by atoms with van der Waals surface area (Å²) >= 11 is 0. The monoisotopic (exact) mass is 300 g/mol. The van der Waals surface area contributed by atoms with Gasteiger partial charge in [-0.3, -0.25) is 4.90 Å². The van der Waals surface area contributed by atoms with Gasteiger partial charge in [0.1, 0.15) is 5.76 Å². The minimum Gasteiger partial charge on any atom is -0.468 e. The third kappa shape index (κ3) is 4.61. The smallest absolute Gasteiger partial charge is 0.152 e. The van der Waals surface area contributed by atoms with E-state index < -0.39 is 9.84 Å². The molecule has 1 aliphatic heterocycles. The van der Waals surface area contributed by atoms with E-state index in [0.717, 1.165) is 31.0 Å². The van der Waals surface area contributed by atoms with Crippen LogP contribution in [-0.4, -0.2) is 44.5 Å². The molecule has 0 aromatic carbocycles. The Morgan fingerprint density at radius 2 is 2.05 bits per heavy atom. The fourth-order valence-corrected chi connectivity index (χ4v) is 3.56. The average Bonchev–Trinajstić information content (AvgIpc) is 2.79. The van der Waals surface area contributed by atoms with Crippen LogP contribution < -0.4 is 5.32 Å². The molecule has 0 atom stereocenters. The van der Waals surface area contributed by atoms with Crippen molar-refractivity contribution in [2.24, 2.45) is 5.92 Å². The molecule has 1 fully saturated rings. The van der Waals surface area contributed by atoms with Gasteiger partial charge in [-0.15, -0.1) is 0 Å². The summed E-state index contributed by atoms with van der Waals surface area (Å²) in [5.41, 5.74) is 1.15. The van der Waals surface area contributed by atoms with Crippen LogP contribution in [0.25, 0.3) is 0 Å². The van der Waals surface area contributed by atoms with Crippen molar-refractivity contribution in [2.75, 3.05) is 31.1 Å². The summed E-state index contributed by atoms with van der Waals surface area (Å²) in [6.45, 7) is 8.03. The molecule has 0 radical (unpaired) electrons. The first kappa shape index (κ1) is 15.5.